The number of hydrogen-bond acceptors (Lipinski definition) is 5. The van der Waals surface area contributed by atoms with Gasteiger partial charge in [-0.25, -0.2) is 0 Å². The number of rotatable bonds is 8. The molecule has 14 heavy (non-hydrogen) atoms. The van der Waals surface area contributed by atoms with Crippen molar-refractivity contribution in [1.29, 1.82) is 0 Å². The second kappa shape index (κ2) is 7.76. The van der Waals surface area contributed by atoms with Crippen LogP contribution < -0.4 is 0 Å². The molecule has 82 valence electrons. The summed E-state index contributed by atoms with van der Waals surface area (Å²) in [5, 5.41) is 0. The van der Waals surface area contributed by atoms with Crippen LogP contribution in [0.2, 0.25) is 0 Å². The van der Waals surface area contributed by atoms with Crippen LogP contribution in [-0.4, -0.2) is 47.7 Å². The van der Waals surface area contributed by atoms with Crippen molar-refractivity contribution in [2.45, 2.75) is 0 Å². The van der Waals surface area contributed by atoms with Crippen molar-refractivity contribution < 1.29 is 22.1 Å². The lowest BCUT2D eigenvalue weighted by Gasteiger charge is -2.04. The topological polar surface area (TPSA) is 61.8 Å². The molecule has 0 aliphatic carbocycles. The van der Waals surface area contributed by atoms with Crippen LogP contribution in [0.5, 0.6) is 0 Å². The molecular formula is C8H14O5S. The van der Waals surface area contributed by atoms with Gasteiger partial charge in [0, 0.05) is 7.11 Å². The Morgan fingerprint density at radius 3 is 2.57 bits per heavy atom. The highest BCUT2D eigenvalue weighted by molar-refractivity contribution is 7.86. The number of terminal acetylenes is 1. The maximum atomic E-state index is 11.0. The van der Waals surface area contributed by atoms with Crippen molar-refractivity contribution in [2.24, 2.45) is 0 Å². The standard InChI is InChI=1S/C8H14O5S/c1-3-4-13-14(9,10)8-7-12-6-5-11-2/h1H,4-8H2,2H3. The quantitative estimate of drug-likeness (QED) is 0.318. The fourth-order valence-corrected chi connectivity index (χ4v) is 1.28. The van der Waals surface area contributed by atoms with Gasteiger partial charge in [-0.1, -0.05) is 5.92 Å². The van der Waals surface area contributed by atoms with Crippen LogP contribution >= 0.6 is 0 Å². The van der Waals surface area contributed by atoms with Crippen LogP contribution in [0.3, 0.4) is 0 Å². The maximum Gasteiger partial charge on any atom is 0.270 e. The first kappa shape index (κ1) is 13.4. The van der Waals surface area contributed by atoms with Gasteiger partial charge in [-0.05, 0) is 0 Å². The molecule has 0 aromatic heterocycles. The second-order valence-corrected chi connectivity index (χ2v) is 4.09. The summed E-state index contributed by atoms with van der Waals surface area (Å²) in [6.07, 6.45) is 4.84. The summed E-state index contributed by atoms with van der Waals surface area (Å²) in [4.78, 5) is 0. The lowest BCUT2D eigenvalue weighted by molar-refractivity contribution is 0.0778. The van der Waals surface area contributed by atoms with Crippen molar-refractivity contribution in [3.05, 3.63) is 0 Å². The highest BCUT2D eigenvalue weighted by Gasteiger charge is 2.09. The van der Waals surface area contributed by atoms with E-state index in [9.17, 15) is 8.42 Å². The van der Waals surface area contributed by atoms with Gasteiger partial charge in [-0.3, -0.25) is 4.18 Å². The van der Waals surface area contributed by atoms with E-state index in [1.54, 1.807) is 0 Å². The zero-order chi connectivity index (χ0) is 10.9. The first-order valence-electron chi connectivity index (χ1n) is 3.99. The molecule has 0 amide bonds. The Kier molecular flexibility index (Phi) is 7.42. The van der Waals surface area contributed by atoms with Crippen LogP contribution in [-0.2, 0) is 23.8 Å². The van der Waals surface area contributed by atoms with E-state index >= 15 is 0 Å². The fourth-order valence-electron chi connectivity index (χ4n) is 0.588. The average molecular weight is 222 g/mol. The molecule has 0 bridgehead atoms. The van der Waals surface area contributed by atoms with Crippen LogP contribution in [0.4, 0.5) is 0 Å². The van der Waals surface area contributed by atoms with Gasteiger partial charge >= 0.3 is 0 Å². The van der Waals surface area contributed by atoms with Crippen LogP contribution in [0.1, 0.15) is 0 Å². The van der Waals surface area contributed by atoms with Gasteiger partial charge in [0.25, 0.3) is 10.1 Å². The Balaban J connectivity index is 3.52. The summed E-state index contributed by atoms with van der Waals surface area (Å²) < 4.78 is 36.1. The number of ether oxygens (including phenoxy) is 2. The van der Waals surface area contributed by atoms with E-state index in [1.807, 2.05) is 0 Å². The number of methoxy groups -OCH3 is 1. The highest BCUT2D eigenvalue weighted by Crippen LogP contribution is 1.92. The van der Waals surface area contributed by atoms with Crippen molar-refractivity contribution in [2.75, 3.05) is 39.3 Å². The summed E-state index contributed by atoms with van der Waals surface area (Å²) in [6, 6.07) is 0. The molecule has 0 radical (unpaired) electrons. The van der Waals surface area contributed by atoms with Crippen LogP contribution in [0.25, 0.3) is 0 Å². The van der Waals surface area contributed by atoms with E-state index in [0.29, 0.717) is 13.2 Å². The molecule has 0 heterocycles. The van der Waals surface area contributed by atoms with Gasteiger partial charge in [-0.15, -0.1) is 6.42 Å². The largest absolute Gasteiger partial charge is 0.382 e. The van der Waals surface area contributed by atoms with E-state index in [4.69, 9.17) is 15.9 Å². The van der Waals surface area contributed by atoms with E-state index in [0.717, 1.165) is 0 Å². The van der Waals surface area contributed by atoms with Gasteiger partial charge in [0.05, 0.1) is 25.6 Å². The second-order valence-electron chi connectivity index (χ2n) is 2.33. The zero-order valence-corrected chi connectivity index (χ0v) is 8.88. The Bertz CT molecular complexity index is 264. The summed E-state index contributed by atoms with van der Waals surface area (Å²) in [5.74, 6) is 1.88. The first-order valence-corrected chi connectivity index (χ1v) is 5.57. The molecule has 0 aliphatic heterocycles. The summed E-state index contributed by atoms with van der Waals surface area (Å²) in [7, 11) is -2.00. The van der Waals surface area contributed by atoms with Crippen LogP contribution in [0.15, 0.2) is 0 Å². The molecule has 0 N–H and O–H groups in total. The first-order chi connectivity index (χ1) is 6.62. The Morgan fingerprint density at radius 1 is 1.29 bits per heavy atom. The third-order valence-corrected chi connectivity index (χ3v) is 2.37. The predicted octanol–water partition coefficient (Wildman–Crippen LogP) is -0.371. The molecule has 0 unspecified atom stereocenters. The summed E-state index contributed by atoms with van der Waals surface area (Å²) in [5.41, 5.74) is 0. The average Bonchev–Trinajstić information content (AvgIpc) is 2.15. The molecule has 0 fully saturated rings. The van der Waals surface area contributed by atoms with Gasteiger partial charge in [0.1, 0.15) is 6.61 Å². The van der Waals surface area contributed by atoms with E-state index in [-0.39, 0.29) is 19.0 Å². The van der Waals surface area contributed by atoms with Crippen molar-refractivity contribution in [3.63, 3.8) is 0 Å². The molecule has 0 aromatic rings. The molecule has 6 heteroatoms. The fraction of sp³-hybridized carbons (Fsp3) is 0.750. The molecule has 0 saturated heterocycles. The Labute approximate surface area is 84.5 Å². The minimum absolute atomic E-state index is 0.0796. The molecule has 0 spiro atoms. The van der Waals surface area contributed by atoms with Gasteiger partial charge in [-0.2, -0.15) is 8.42 Å². The highest BCUT2D eigenvalue weighted by atomic mass is 32.2. The normalized spacial score (nSPS) is 11.1. The van der Waals surface area contributed by atoms with Crippen molar-refractivity contribution >= 4 is 10.1 Å². The van der Waals surface area contributed by atoms with Crippen LogP contribution in [0, 0.1) is 12.3 Å². The molecule has 0 aromatic carbocycles. The monoisotopic (exact) mass is 222 g/mol. The minimum Gasteiger partial charge on any atom is -0.382 e. The summed E-state index contributed by atoms with van der Waals surface area (Å²) in [6.45, 7) is 0.642. The molecule has 0 atom stereocenters. The molecule has 0 rings (SSSR count). The Morgan fingerprint density at radius 2 is 2.00 bits per heavy atom. The smallest absolute Gasteiger partial charge is 0.270 e. The van der Waals surface area contributed by atoms with Gasteiger partial charge in [0.15, 0.2) is 0 Å². The lowest BCUT2D eigenvalue weighted by Crippen LogP contribution is -2.16. The van der Waals surface area contributed by atoms with Crippen molar-refractivity contribution in [3.8, 4) is 12.3 Å². The third-order valence-electron chi connectivity index (χ3n) is 1.23. The Hall–Kier alpha value is -0.610. The molecule has 0 aliphatic rings. The van der Waals surface area contributed by atoms with E-state index in [2.05, 4.69) is 10.1 Å². The van der Waals surface area contributed by atoms with E-state index < -0.39 is 10.1 Å². The predicted molar refractivity (Wildman–Crippen MR) is 51.3 cm³/mol. The van der Waals surface area contributed by atoms with Crippen molar-refractivity contribution in [1.82, 2.24) is 0 Å². The summed E-state index contributed by atoms with van der Waals surface area (Å²) >= 11 is 0. The van der Waals surface area contributed by atoms with E-state index in [1.165, 1.54) is 7.11 Å². The zero-order valence-electron chi connectivity index (χ0n) is 8.06. The lowest BCUT2D eigenvalue weighted by atomic mass is 10.7. The minimum atomic E-state index is -3.54. The SMILES string of the molecule is C#CCOS(=O)(=O)CCOCCOC. The molecule has 5 nitrogen and oxygen atoms in total. The van der Waals surface area contributed by atoms with Gasteiger partial charge < -0.3 is 9.47 Å². The number of hydrogen-bond donors (Lipinski definition) is 0. The molecule has 0 saturated carbocycles. The van der Waals surface area contributed by atoms with Gasteiger partial charge in [0.2, 0.25) is 0 Å². The third kappa shape index (κ3) is 8.01. The maximum absolute atomic E-state index is 11.0. The molecular weight excluding hydrogens is 208 g/mol.